The van der Waals surface area contributed by atoms with E-state index in [1.165, 1.54) is 0 Å². The van der Waals surface area contributed by atoms with Gasteiger partial charge in [-0.25, -0.2) is 5.01 Å². The Kier molecular flexibility index (Phi) is 4.54. The number of hydrazine groups is 1. The molecule has 20 heavy (non-hydrogen) atoms. The van der Waals surface area contributed by atoms with Gasteiger partial charge in [-0.3, -0.25) is 10.2 Å². The fourth-order valence-electron chi connectivity index (χ4n) is 1.98. The van der Waals surface area contributed by atoms with Gasteiger partial charge in [-0.05, 0) is 19.2 Å². The normalized spacial score (nSPS) is 17.9. The Morgan fingerprint density at radius 1 is 1.20 bits per heavy atom. The lowest BCUT2D eigenvalue weighted by Crippen LogP contribution is -2.52. The summed E-state index contributed by atoms with van der Waals surface area (Å²) >= 11 is 0. The molecule has 4 N–H and O–H groups in total. The number of hydrogen-bond donors (Lipinski definition) is 3. The van der Waals surface area contributed by atoms with Crippen molar-refractivity contribution in [3.63, 3.8) is 0 Å². The Labute approximate surface area is 117 Å². The van der Waals surface area contributed by atoms with Gasteiger partial charge in [-0.2, -0.15) is 0 Å². The molecule has 0 aromatic heterocycles. The van der Waals surface area contributed by atoms with Crippen LogP contribution in [0.1, 0.15) is 15.9 Å². The lowest BCUT2D eigenvalue weighted by atomic mass is 10.1. The van der Waals surface area contributed by atoms with Crippen LogP contribution in [-0.4, -0.2) is 60.1 Å². The quantitative estimate of drug-likeness (QED) is 0.304. The van der Waals surface area contributed by atoms with Crippen LogP contribution in [0.3, 0.4) is 0 Å². The zero-order valence-corrected chi connectivity index (χ0v) is 11.4. The van der Waals surface area contributed by atoms with Crippen LogP contribution in [0.4, 0.5) is 0 Å². The van der Waals surface area contributed by atoms with Crippen molar-refractivity contribution in [2.75, 3.05) is 33.2 Å². The van der Waals surface area contributed by atoms with E-state index in [-0.39, 0.29) is 11.7 Å². The van der Waals surface area contributed by atoms with Crippen molar-refractivity contribution in [1.29, 1.82) is 0 Å². The second-order valence-corrected chi connectivity index (χ2v) is 4.79. The van der Waals surface area contributed by atoms with Crippen molar-refractivity contribution in [2.45, 2.75) is 0 Å². The number of benzene rings is 1. The number of nitrogens with zero attached hydrogens (tertiary/aromatic N) is 3. The summed E-state index contributed by atoms with van der Waals surface area (Å²) in [6, 6.07) is 6.60. The summed E-state index contributed by atoms with van der Waals surface area (Å²) in [4.78, 5) is 14.3. The highest BCUT2D eigenvalue weighted by molar-refractivity contribution is 5.99. The molecule has 1 heterocycles. The van der Waals surface area contributed by atoms with Gasteiger partial charge in [0, 0.05) is 37.3 Å². The van der Waals surface area contributed by atoms with Crippen LogP contribution < -0.4 is 11.2 Å². The third-order valence-corrected chi connectivity index (χ3v) is 3.31. The summed E-state index contributed by atoms with van der Waals surface area (Å²) in [6.45, 7) is 3.49. The molecule has 0 bridgehead atoms. The van der Waals surface area contributed by atoms with Crippen molar-refractivity contribution >= 4 is 11.7 Å². The Balaban J connectivity index is 1.95. The number of oxime groups is 1. The van der Waals surface area contributed by atoms with Gasteiger partial charge in [0.15, 0.2) is 5.84 Å². The van der Waals surface area contributed by atoms with Crippen molar-refractivity contribution in [3.05, 3.63) is 35.4 Å². The van der Waals surface area contributed by atoms with Gasteiger partial charge in [-0.15, -0.1) is 0 Å². The predicted octanol–water partition coefficient (Wildman–Crippen LogP) is -0.327. The van der Waals surface area contributed by atoms with Crippen LogP contribution in [0.5, 0.6) is 0 Å². The smallest absolute Gasteiger partial charge is 0.265 e. The average molecular weight is 277 g/mol. The minimum Gasteiger partial charge on any atom is -0.409 e. The van der Waals surface area contributed by atoms with Crippen LogP contribution in [0.25, 0.3) is 0 Å². The van der Waals surface area contributed by atoms with Gasteiger partial charge >= 0.3 is 0 Å². The van der Waals surface area contributed by atoms with Gasteiger partial charge in [0.1, 0.15) is 0 Å². The maximum absolute atomic E-state index is 12.1. The lowest BCUT2D eigenvalue weighted by molar-refractivity contribution is 0.0662. The number of carbonyl (C=O) groups is 1. The molecule has 1 aliphatic rings. The zero-order valence-electron chi connectivity index (χ0n) is 11.4. The lowest BCUT2D eigenvalue weighted by Gasteiger charge is -2.32. The monoisotopic (exact) mass is 277 g/mol. The maximum Gasteiger partial charge on any atom is 0.265 e. The van der Waals surface area contributed by atoms with E-state index in [9.17, 15) is 4.79 Å². The minimum absolute atomic E-state index is 0.0241. The summed E-state index contributed by atoms with van der Waals surface area (Å²) in [5.74, 6) is -0.128. The summed E-state index contributed by atoms with van der Waals surface area (Å²) < 4.78 is 0. The van der Waals surface area contributed by atoms with E-state index < -0.39 is 0 Å². The van der Waals surface area contributed by atoms with Gasteiger partial charge in [0.05, 0.1) is 0 Å². The van der Waals surface area contributed by atoms with Crippen molar-refractivity contribution < 1.29 is 10.0 Å². The molecule has 1 fully saturated rings. The van der Waals surface area contributed by atoms with Gasteiger partial charge in [0.2, 0.25) is 0 Å². The molecule has 0 unspecified atom stereocenters. The molecule has 0 spiro atoms. The van der Waals surface area contributed by atoms with E-state index in [2.05, 4.69) is 22.5 Å². The fourth-order valence-corrected chi connectivity index (χ4v) is 1.98. The Morgan fingerprint density at radius 2 is 1.75 bits per heavy atom. The molecular weight excluding hydrogens is 258 g/mol. The molecule has 7 heteroatoms. The van der Waals surface area contributed by atoms with E-state index in [0.29, 0.717) is 11.1 Å². The maximum atomic E-state index is 12.1. The van der Waals surface area contributed by atoms with E-state index in [1.807, 2.05) is 5.01 Å². The number of amidine groups is 1. The summed E-state index contributed by atoms with van der Waals surface area (Å²) in [7, 11) is 2.06. The molecule has 1 aromatic rings. The van der Waals surface area contributed by atoms with E-state index in [1.54, 1.807) is 24.3 Å². The molecule has 1 aliphatic heterocycles. The Hall–Kier alpha value is -2.12. The number of nitrogens with two attached hydrogens (primary N) is 1. The van der Waals surface area contributed by atoms with Crippen LogP contribution in [0.2, 0.25) is 0 Å². The standard InChI is InChI=1S/C13H19N5O2/c1-17-6-8-18(9-7-17)15-13(19)11-4-2-10(3-5-11)12(14)16-20/h2-5,20H,6-9H2,1H3,(H2,14,16)(H,15,19). The third kappa shape index (κ3) is 3.46. The van der Waals surface area contributed by atoms with Crippen molar-refractivity contribution in [2.24, 2.45) is 10.9 Å². The molecule has 0 radical (unpaired) electrons. The third-order valence-electron chi connectivity index (χ3n) is 3.31. The van der Waals surface area contributed by atoms with Crippen molar-refractivity contribution in [3.8, 4) is 0 Å². The largest absolute Gasteiger partial charge is 0.409 e. The summed E-state index contributed by atoms with van der Waals surface area (Å²) in [6.07, 6.45) is 0. The van der Waals surface area contributed by atoms with Gasteiger partial charge in [-0.1, -0.05) is 17.3 Å². The van der Waals surface area contributed by atoms with Crippen LogP contribution in [-0.2, 0) is 0 Å². The van der Waals surface area contributed by atoms with E-state index >= 15 is 0 Å². The van der Waals surface area contributed by atoms with Gasteiger partial charge in [0.25, 0.3) is 5.91 Å². The molecule has 1 saturated heterocycles. The minimum atomic E-state index is -0.152. The first-order valence-electron chi connectivity index (χ1n) is 6.42. The first kappa shape index (κ1) is 14.3. The molecule has 1 amide bonds. The molecule has 7 nitrogen and oxygen atoms in total. The molecule has 0 saturated carbocycles. The Morgan fingerprint density at radius 3 is 2.30 bits per heavy atom. The number of amides is 1. The molecule has 2 rings (SSSR count). The van der Waals surface area contributed by atoms with E-state index in [0.717, 1.165) is 26.2 Å². The highest BCUT2D eigenvalue weighted by atomic mass is 16.4. The number of nitrogens with one attached hydrogen (secondary N) is 1. The van der Waals surface area contributed by atoms with Crippen LogP contribution >= 0.6 is 0 Å². The molecule has 0 aliphatic carbocycles. The second-order valence-electron chi connectivity index (χ2n) is 4.79. The predicted molar refractivity (Wildman–Crippen MR) is 75.5 cm³/mol. The Bertz CT molecular complexity index is 492. The second kappa shape index (κ2) is 6.36. The zero-order chi connectivity index (χ0) is 14.5. The molecule has 0 atom stereocenters. The number of carbonyl (C=O) groups excluding carboxylic acids is 1. The van der Waals surface area contributed by atoms with Crippen LogP contribution in [0.15, 0.2) is 29.4 Å². The number of piperazine rings is 1. The summed E-state index contributed by atoms with van der Waals surface area (Å²) in [5, 5.41) is 13.4. The summed E-state index contributed by atoms with van der Waals surface area (Å²) in [5.41, 5.74) is 9.46. The average Bonchev–Trinajstić information content (AvgIpc) is 2.49. The fraction of sp³-hybridized carbons (Fsp3) is 0.385. The molecule has 1 aromatic carbocycles. The highest BCUT2D eigenvalue weighted by Gasteiger charge is 2.16. The number of hydrogen-bond acceptors (Lipinski definition) is 5. The topological polar surface area (TPSA) is 94.2 Å². The number of rotatable bonds is 3. The SMILES string of the molecule is CN1CCN(NC(=O)c2ccc(/C(N)=N/O)cc2)CC1. The first-order chi connectivity index (χ1) is 9.60. The molecule has 108 valence electrons. The van der Waals surface area contributed by atoms with Crippen molar-refractivity contribution in [1.82, 2.24) is 15.3 Å². The first-order valence-corrected chi connectivity index (χ1v) is 6.42. The molecular formula is C13H19N5O2. The highest BCUT2D eigenvalue weighted by Crippen LogP contribution is 2.05. The van der Waals surface area contributed by atoms with Crippen LogP contribution in [0, 0.1) is 0 Å². The van der Waals surface area contributed by atoms with E-state index in [4.69, 9.17) is 10.9 Å². The number of likely N-dealkylation sites (N-methyl/N-ethyl adjacent to an activating group) is 1. The van der Waals surface area contributed by atoms with Gasteiger partial charge < -0.3 is 15.8 Å².